The summed E-state index contributed by atoms with van der Waals surface area (Å²) in [4.78, 5) is 27.4. The van der Waals surface area contributed by atoms with Crippen molar-refractivity contribution in [3.8, 4) is 0 Å². The lowest BCUT2D eigenvalue weighted by Gasteiger charge is -2.26. The third kappa shape index (κ3) is 3.51. The molecule has 0 bridgehead atoms. The quantitative estimate of drug-likeness (QED) is 0.659. The summed E-state index contributed by atoms with van der Waals surface area (Å²) in [6, 6.07) is 2.70. The standard InChI is InChI=1S/C14H19N3O5/c1-13(2,3)22-12(18)16-7-6-14(19,9-16)11-5-4-10(8-15-11)17(20)21/h4-5,8,19H,6-7,9H2,1-3H3. The zero-order valence-corrected chi connectivity index (χ0v) is 12.8. The molecule has 22 heavy (non-hydrogen) atoms. The second kappa shape index (κ2) is 5.53. The van der Waals surface area contributed by atoms with Crippen LogP contribution in [0.4, 0.5) is 10.5 Å². The summed E-state index contributed by atoms with van der Waals surface area (Å²) < 4.78 is 5.27. The molecule has 8 nitrogen and oxygen atoms in total. The maximum Gasteiger partial charge on any atom is 0.410 e. The van der Waals surface area contributed by atoms with E-state index in [-0.39, 0.29) is 12.2 Å². The largest absolute Gasteiger partial charge is 0.444 e. The van der Waals surface area contributed by atoms with Crippen LogP contribution in [0.2, 0.25) is 0 Å². The summed E-state index contributed by atoms with van der Waals surface area (Å²) in [5.41, 5.74) is -1.76. The third-order valence-corrected chi connectivity index (χ3v) is 3.33. The molecule has 1 aromatic heterocycles. The summed E-state index contributed by atoms with van der Waals surface area (Å²) >= 11 is 0. The van der Waals surface area contributed by atoms with Gasteiger partial charge in [0.1, 0.15) is 17.4 Å². The van der Waals surface area contributed by atoms with Gasteiger partial charge in [0.15, 0.2) is 0 Å². The van der Waals surface area contributed by atoms with Gasteiger partial charge < -0.3 is 14.7 Å². The van der Waals surface area contributed by atoms with E-state index >= 15 is 0 Å². The highest BCUT2D eigenvalue weighted by molar-refractivity contribution is 5.68. The predicted octanol–water partition coefficient (Wildman–Crippen LogP) is 1.82. The first-order valence-electron chi connectivity index (χ1n) is 6.92. The van der Waals surface area contributed by atoms with Gasteiger partial charge in [0.05, 0.1) is 17.2 Å². The first kappa shape index (κ1) is 16.2. The van der Waals surface area contributed by atoms with Crippen LogP contribution >= 0.6 is 0 Å². The van der Waals surface area contributed by atoms with Crippen molar-refractivity contribution in [2.24, 2.45) is 0 Å². The number of amides is 1. The van der Waals surface area contributed by atoms with E-state index in [4.69, 9.17) is 4.74 Å². The highest BCUT2D eigenvalue weighted by atomic mass is 16.6. The van der Waals surface area contributed by atoms with Gasteiger partial charge in [0, 0.05) is 19.0 Å². The zero-order chi connectivity index (χ0) is 16.5. The molecule has 1 fully saturated rings. The number of nitrogens with zero attached hydrogens (tertiary/aromatic N) is 3. The molecule has 1 aliphatic rings. The SMILES string of the molecule is CC(C)(C)OC(=O)N1CCC(O)(c2ccc([N+](=O)[O-])cn2)C1. The van der Waals surface area contributed by atoms with Crippen molar-refractivity contribution in [1.82, 2.24) is 9.88 Å². The molecule has 1 aromatic rings. The van der Waals surface area contributed by atoms with Crippen LogP contribution in [0.15, 0.2) is 18.3 Å². The summed E-state index contributed by atoms with van der Waals surface area (Å²) in [5, 5.41) is 21.2. The summed E-state index contributed by atoms with van der Waals surface area (Å²) in [6.07, 6.45) is 0.908. The Morgan fingerprint density at radius 1 is 1.50 bits per heavy atom. The van der Waals surface area contributed by atoms with Gasteiger partial charge in [-0.2, -0.15) is 0 Å². The van der Waals surface area contributed by atoms with Crippen LogP contribution in [0.3, 0.4) is 0 Å². The van der Waals surface area contributed by atoms with Gasteiger partial charge in [-0.25, -0.2) is 4.79 Å². The molecule has 0 saturated carbocycles. The van der Waals surface area contributed by atoms with Crippen LogP contribution in [0.5, 0.6) is 0 Å². The molecular weight excluding hydrogens is 290 g/mol. The number of β-amino-alcohol motifs (C(OH)–C–C–N with tert-alkyl or cyclic N) is 1. The van der Waals surface area contributed by atoms with E-state index in [1.54, 1.807) is 20.8 Å². The molecule has 1 atom stereocenters. The van der Waals surface area contributed by atoms with E-state index in [9.17, 15) is 20.0 Å². The molecule has 0 aromatic carbocycles. The number of ether oxygens (including phenoxy) is 1. The van der Waals surface area contributed by atoms with Crippen molar-refractivity contribution in [2.75, 3.05) is 13.1 Å². The predicted molar refractivity (Wildman–Crippen MR) is 77.2 cm³/mol. The monoisotopic (exact) mass is 309 g/mol. The normalized spacial score (nSPS) is 21.7. The van der Waals surface area contributed by atoms with Crippen LogP contribution in [0.25, 0.3) is 0 Å². The Hall–Kier alpha value is -2.22. The van der Waals surface area contributed by atoms with E-state index in [2.05, 4.69) is 4.98 Å². The highest BCUT2D eigenvalue weighted by Crippen LogP contribution is 2.32. The number of carbonyl (C=O) groups is 1. The van der Waals surface area contributed by atoms with E-state index in [0.717, 1.165) is 6.20 Å². The number of likely N-dealkylation sites (tertiary alicyclic amines) is 1. The minimum atomic E-state index is -1.31. The van der Waals surface area contributed by atoms with E-state index in [0.29, 0.717) is 18.7 Å². The van der Waals surface area contributed by atoms with Crippen molar-refractivity contribution < 1.29 is 19.6 Å². The average molecular weight is 309 g/mol. The maximum atomic E-state index is 12.0. The van der Waals surface area contributed by atoms with Gasteiger partial charge in [-0.05, 0) is 26.8 Å². The second-order valence-electron chi connectivity index (χ2n) is 6.34. The molecule has 1 unspecified atom stereocenters. The lowest BCUT2D eigenvalue weighted by molar-refractivity contribution is -0.385. The molecule has 0 radical (unpaired) electrons. The van der Waals surface area contributed by atoms with Gasteiger partial charge in [-0.15, -0.1) is 0 Å². The number of aliphatic hydroxyl groups is 1. The number of pyridine rings is 1. The highest BCUT2D eigenvalue weighted by Gasteiger charge is 2.42. The average Bonchev–Trinajstić information content (AvgIpc) is 2.81. The van der Waals surface area contributed by atoms with Crippen LogP contribution in [-0.2, 0) is 10.3 Å². The summed E-state index contributed by atoms with van der Waals surface area (Å²) in [5.74, 6) is 0. The van der Waals surface area contributed by atoms with E-state index < -0.39 is 22.2 Å². The van der Waals surface area contributed by atoms with E-state index in [1.165, 1.54) is 17.0 Å². The van der Waals surface area contributed by atoms with Crippen LogP contribution in [0, 0.1) is 10.1 Å². The Morgan fingerprint density at radius 2 is 2.18 bits per heavy atom. The minimum absolute atomic E-state index is 0.0483. The molecular formula is C14H19N3O5. The summed E-state index contributed by atoms with van der Waals surface area (Å²) in [7, 11) is 0. The zero-order valence-electron chi connectivity index (χ0n) is 12.8. The topological polar surface area (TPSA) is 106 Å². The first-order valence-corrected chi connectivity index (χ1v) is 6.92. The van der Waals surface area contributed by atoms with Gasteiger partial charge in [-0.1, -0.05) is 0 Å². The fourth-order valence-electron chi connectivity index (χ4n) is 2.25. The van der Waals surface area contributed by atoms with Gasteiger partial charge in [0.25, 0.3) is 5.69 Å². The van der Waals surface area contributed by atoms with Crippen molar-refractivity contribution in [3.05, 3.63) is 34.1 Å². The number of hydrogen-bond donors (Lipinski definition) is 1. The summed E-state index contributed by atoms with van der Waals surface area (Å²) in [6.45, 7) is 5.69. The van der Waals surface area contributed by atoms with Crippen molar-refractivity contribution in [1.29, 1.82) is 0 Å². The molecule has 8 heteroatoms. The van der Waals surface area contributed by atoms with Crippen molar-refractivity contribution >= 4 is 11.8 Å². The van der Waals surface area contributed by atoms with E-state index in [1.807, 2.05) is 0 Å². The Morgan fingerprint density at radius 3 is 2.68 bits per heavy atom. The molecule has 120 valence electrons. The molecule has 1 N–H and O–H groups in total. The molecule has 0 aliphatic carbocycles. The molecule has 1 amide bonds. The smallest absolute Gasteiger partial charge is 0.410 e. The van der Waals surface area contributed by atoms with Crippen LogP contribution < -0.4 is 0 Å². The Kier molecular flexibility index (Phi) is 4.06. The van der Waals surface area contributed by atoms with Gasteiger partial charge in [0.2, 0.25) is 0 Å². The molecule has 0 spiro atoms. The molecule has 2 rings (SSSR count). The van der Waals surface area contributed by atoms with Gasteiger partial charge in [-0.3, -0.25) is 15.1 Å². The third-order valence-electron chi connectivity index (χ3n) is 3.33. The number of aromatic nitrogens is 1. The van der Waals surface area contributed by atoms with Crippen molar-refractivity contribution in [2.45, 2.75) is 38.4 Å². The molecule has 2 heterocycles. The minimum Gasteiger partial charge on any atom is -0.444 e. The fraction of sp³-hybridized carbons (Fsp3) is 0.571. The van der Waals surface area contributed by atoms with Crippen LogP contribution in [-0.4, -0.2) is 44.7 Å². The molecule has 1 saturated heterocycles. The Bertz CT molecular complexity index is 581. The number of rotatable bonds is 2. The second-order valence-corrected chi connectivity index (χ2v) is 6.34. The Balaban J connectivity index is 2.10. The first-order chi connectivity index (χ1) is 10.1. The van der Waals surface area contributed by atoms with Crippen molar-refractivity contribution in [3.63, 3.8) is 0 Å². The Labute approximate surface area is 127 Å². The van der Waals surface area contributed by atoms with Gasteiger partial charge >= 0.3 is 6.09 Å². The maximum absolute atomic E-state index is 12.0. The molecule has 1 aliphatic heterocycles. The lowest BCUT2D eigenvalue weighted by atomic mass is 9.98. The number of carbonyl (C=O) groups excluding carboxylic acids is 1. The lowest BCUT2D eigenvalue weighted by Crippen LogP contribution is -2.38. The van der Waals surface area contributed by atoms with Crippen LogP contribution in [0.1, 0.15) is 32.9 Å². The number of hydrogen-bond acceptors (Lipinski definition) is 6. The number of nitro groups is 1. The fourth-order valence-corrected chi connectivity index (χ4v) is 2.25.